The summed E-state index contributed by atoms with van der Waals surface area (Å²) in [5, 5.41) is 9.03. The van der Waals surface area contributed by atoms with Crippen molar-refractivity contribution in [3.05, 3.63) is 23.8 Å². The fourth-order valence-electron chi connectivity index (χ4n) is 5.14. The van der Waals surface area contributed by atoms with Gasteiger partial charge in [0.05, 0.1) is 6.61 Å². The smallest absolute Gasteiger partial charge is 0.138 e. The summed E-state index contributed by atoms with van der Waals surface area (Å²) in [5.74, 6) is 1.41. The maximum absolute atomic E-state index is 12.4. The number of allylic oxidation sites excluding steroid dienone is 2. The molecule has 0 aromatic heterocycles. The van der Waals surface area contributed by atoms with Gasteiger partial charge in [0, 0.05) is 11.8 Å². The highest BCUT2D eigenvalue weighted by atomic mass is 16.2. The number of carbonyl (C=O) groups is 1. The molecule has 3 unspecified atom stereocenters. The molecule has 0 aromatic carbocycles. The van der Waals surface area contributed by atoms with Gasteiger partial charge >= 0.3 is 0 Å². The SMILES string of the molecule is C=C1CCC2C(C)(C)C(=O)CCC2(C)C1CCC(C)=CCO. The van der Waals surface area contributed by atoms with Gasteiger partial charge in [0.2, 0.25) is 0 Å². The minimum atomic E-state index is -0.193. The van der Waals surface area contributed by atoms with Crippen LogP contribution < -0.4 is 0 Å². The van der Waals surface area contributed by atoms with E-state index >= 15 is 0 Å². The van der Waals surface area contributed by atoms with Crippen LogP contribution in [0.5, 0.6) is 0 Å². The Morgan fingerprint density at radius 2 is 2.05 bits per heavy atom. The third-order valence-electron chi connectivity index (χ3n) is 6.59. The van der Waals surface area contributed by atoms with Crippen LogP contribution in [0.2, 0.25) is 0 Å². The molecule has 22 heavy (non-hydrogen) atoms. The van der Waals surface area contributed by atoms with E-state index in [0.717, 1.165) is 38.5 Å². The number of hydrogen-bond donors (Lipinski definition) is 1. The average molecular weight is 304 g/mol. The van der Waals surface area contributed by atoms with Gasteiger partial charge in [-0.05, 0) is 56.3 Å². The Labute approximate surface area is 135 Å². The van der Waals surface area contributed by atoms with E-state index < -0.39 is 0 Å². The fourth-order valence-corrected chi connectivity index (χ4v) is 5.14. The standard InChI is InChI=1S/C20H32O2/c1-14(11-13-21)6-8-16-15(2)7-9-17-19(3,4)18(22)10-12-20(16,17)5/h11,16-17,21H,2,6-10,12-13H2,1,3-5H3. The van der Waals surface area contributed by atoms with E-state index in [0.29, 0.717) is 17.6 Å². The van der Waals surface area contributed by atoms with Gasteiger partial charge in [-0.1, -0.05) is 44.6 Å². The van der Waals surface area contributed by atoms with Gasteiger partial charge < -0.3 is 5.11 Å². The zero-order valence-corrected chi connectivity index (χ0v) is 14.7. The van der Waals surface area contributed by atoms with Crippen molar-refractivity contribution in [1.82, 2.24) is 0 Å². The topological polar surface area (TPSA) is 37.3 Å². The monoisotopic (exact) mass is 304 g/mol. The summed E-state index contributed by atoms with van der Waals surface area (Å²) in [6.07, 6.45) is 7.90. The third-order valence-corrected chi connectivity index (χ3v) is 6.59. The van der Waals surface area contributed by atoms with Crippen LogP contribution in [0, 0.1) is 22.7 Å². The lowest BCUT2D eigenvalue weighted by atomic mass is 9.47. The van der Waals surface area contributed by atoms with Crippen LogP contribution in [0.1, 0.15) is 66.2 Å². The van der Waals surface area contributed by atoms with Gasteiger partial charge in [0.1, 0.15) is 5.78 Å². The van der Waals surface area contributed by atoms with Crippen molar-refractivity contribution in [1.29, 1.82) is 0 Å². The maximum Gasteiger partial charge on any atom is 0.138 e. The molecule has 0 heterocycles. The molecule has 2 heteroatoms. The van der Waals surface area contributed by atoms with E-state index in [1.165, 1.54) is 11.1 Å². The van der Waals surface area contributed by atoms with Crippen LogP contribution >= 0.6 is 0 Å². The lowest BCUT2D eigenvalue weighted by molar-refractivity contribution is -0.144. The zero-order valence-electron chi connectivity index (χ0n) is 14.7. The number of fused-ring (bicyclic) bond motifs is 1. The quantitative estimate of drug-likeness (QED) is 0.765. The van der Waals surface area contributed by atoms with Crippen LogP contribution in [0.4, 0.5) is 0 Å². The molecule has 0 amide bonds. The summed E-state index contributed by atoms with van der Waals surface area (Å²) in [4.78, 5) is 12.4. The highest BCUT2D eigenvalue weighted by Gasteiger charge is 2.55. The summed E-state index contributed by atoms with van der Waals surface area (Å²) in [5.41, 5.74) is 2.64. The number of Topliss-reactive ketones (excluding diaryl/α,β-unsaturated/α-hetero) is 1. The Hall–Kier alpha value is -0.890. The molecule has 2 rings (SSSR count). The maximum atomic E-state index is 12.4. The molecule has 2 saturated carbocycles. The van der Waals surface area contributed by atoms with Crippen LogP contribution in [-0.4, -0.2) is 17.5 Å². The zero-order chi connectivity index (χ0) is 16.5. The number of rotatable bonds is 4. The van der Waals surface area contributed by atoms with E-state index in [2.05, 4.69) is 34.3 Å². The number of ketones is 1. The molecule has 0 radical (unpaired) electrons. The van der Waals surface area contributed by atoms with Crippen LogP contribution in [0.15, 0.2) is 23.8 Å². The van der Waals surface area contributed by atoms with E-state index in [-0.39, 0.29) is 17.4 Å². The van der Waals surface area contributed by atoms with Crippen molar-refractivity contribution in [2.45, 2.75) is 66.2 Å². The second-order valence-electron chi connectivity index (χ2n) is 8.22. The number of carbonyl (C=O) groups excluding carboxylic acids is 1. The van der Waals surface area contributed by atoms with Crippen molar-refractivity contribution in [2.24, 2.45) is 22.7 Å². The first-order valence-corrected chi connectivity index (χ1v) is 8.71. The number of hydrogen-bond acceptors (Lipinski definition) is 2. The second kappa shape index (κ2) is 6.31. The molecule has 0 bridgehead atoms. The molecular weight excluding hydrogens is 272 g/mol. The molecule has 2 nitrogen and oxygen atoms in total. The summed E-state index contributed by atoms with van der Waals surface area (Å²) >= 11 is 0. The number of aliphatic hydroxyl groups is 1. The van der Waals surface area contributed by atoms with Crippen LogP contribution in [0.3, 0.4) is 0 Å². The van der Waals surface area contributed by atoms with Crippen molar-refractivity contribution >= 4 is 5.78 Å². The summed E-state index contributed by atoms with van der Waals surface area (Å²) in [6, 6.07) is 0. The molecule has 124 valence electrons. The predicted octanol–water partition coefficient (Wildman–Crippen LogP) is 4.68. The fraction of sp³-hybridized carbons (Fsp3) is 0.750. The Bertz CT molecular complexity index is 486. The summed E-state index contributed by atoms with van der Waals surface area (Å²) in [6.45, 7) is 13.3. The van der Waals surface area contributed by atoms with Crippen molar-refractivity contribution < 1.29 is 9.90 Å². The normalized spacial score (nSPS) is 35.4. The molecule has 1 N–H and O–H groups in total. The predicted molar refractivity (Wildman–Crippen MR) is 91.6 cm³/mol. The van der Waals surface area contributed by atoms with E-state index in [1.54, 1.807) is 0 Å². The molecule has 2 fully saturated rings. The van der Waals surface area contributed by atoms with Crippen molar-refractivity contribution in [2.75, 3.05) is 6.61 Å². The first kappa shape index (κ1) is 17.5. The summed E-state index contributed by atoms with van der Waals surface area (Å²) in [7, 11) is 0. The van der Waals surface area contributed by atoms with Gasteiger partial charge in [-0.25, -0.2) is 0 Å². The Morgan fingerprint density at radius 1 is 1.36 bits per heavy atom. The molecule has 3 atom stereocenters. The van der Waals surface area contributed by atoms with Gasteiger partial charge in [-0.15, -0.1) is 0 Å². The first-order chi connectivity index (χ1) is 10.2. The minimum absolute atomic E-state index is 0.124. The van der Waals surface area contributed by atoms with Gasteiger partial charge in [-0.2, -0.15) is 0 Å². The van der Waals surface area contributed by atoms with Crippen LogP contribution in [0.25, 0.3) is 0 Å². The van der Waals surface area contributed by atoms with E-state index in [1.807, 2.05) is 6.08 Å². The molecule has 0 aromatic rings. The highest BCUT2D eigenvalue weighted by molar-refractivity contribution is 5.85. The Morgan fingerprint density at radius 3 is 2.68 bits per heavy atom. The molecule has 0 saturated heterocycles. The lowest BCUT2D eigenvalue weighted by Gasteiger charge is -2.57. The summed E-state index contributed by atoms with van der Waals surface area (Å²) < 4.78 is 0. The van der Waals surface area contributed by atoms with E-state index in [4.69, 9.17) is 5.11 Å². The number of aliphatic hydroxyl groups excluding tert-OH is 1. The highest BCUT2D eigenvalue weighted by Crippen LogP contribution is 2.60. The van der Waals surface area contributed by atoms with Gasteiger partial charge in [-0.3, -0.25) is 4.79 Å². The largest absolute Gasteiger partial charge is 0.392 e. The van der Waals surface area contributed by atoms with Crippen LogP contribution in [-0.2, 0) is 4.79 Å². The van der Waals surface area contributed by atoms with Gasteiger partial charge in [0.15, 0.2) is 0 Å². The molecule has 2 aliphatic carbocycles. The van der Waals surface area contributed by atoms with Crippen molar-refractivity contribution in [3.63, 3.8) is 0 Å². The minimum Gasteiger partial charge on any atom is -0.392 e. The molecule has 0 spiro atoms. The third kappa shape index (κ3) is 2.95. The molecule has 0 aliphatic heterocycles. The second-order valence-corrected chi connectivity index (χ2v) is 8.22. The molecule has 2 aliphatic rings. The average Bonchev–Trinajstić information content (AvgIpc) is 2.43. The van der Waals surface area contributed by atoms with Crippen molar-refractivity contribution in [3.8, 4) is 0 Å². The van der Waals surface area contributed by atoms with E-state index in [9.17, 15) is 4.79 Å². The Kier molecular flexibility index (Phi) is 5.01. The lowest BCUT2D eigenvalue weighted by Crippen LogP contribution is -2.53. The Balaban J connectivity index is 2.23. The first-order valence-electron chi connectivity index (χ1n) is 8.71. The molecular formula is C20H32O2. The van der Waals surface area contributed by atoms with Gasteiger partial charge in [0.25, 0.3) is 0 Å².